The van der Waals surface area contributed by atoms with Gasteiger partial charge in [-0.3, -0.25) is 0 Å². The Morgan fingerprint density at radius 3 is 2.36 bits per heavy atom. The normalized spacial score (nSPS) is 10.4. The Bertz CT molecular complexity index is 56.6. The van der Waals surface area contributed by atoms with Crippen molar-refractivity contribution in [2.45, 2.75) is 39.0 Å². The van der Waals surface area contributed by atoms with Gasteiger partial charge in [-0.25, -0.2) is 0 Å². The summed E-state index contributed by atoms with van der Waals surface area (Å²) in [5.74, 6) is 0. The number of hydrogen-bond acceptors (Lipinski definition) is 2. The van der Waals surface area contributed by atoms with Crippen LogP contribution >= 0.6 is 0 Å². The molecule has 0 rings (SSSR count). The van der Waals surface area contributed by atoms with E-state index in [1.54, 1.807) is 0 Å². The summed E-state index contributed by atoms with van der Waals surface area (Å²) in [6.45, 7) is 3.66. The van der Waals surface area contributed by atoms with Crippen molar-refractivity contribution < 1.29 is 9.84 Å². The molecule has 2 nitrogen and oxygen atoms in total. The number of hydrogen-bond donors (Lipinski definition) is 1. The van der Waals surface area contributed by atoms with Crippen LogP contribution in [0.1, 0.15) is 39.0 Å². The second-order valence-corrected chi connectivity index (χ2v) is 2.75. The van der Waals surface area contributed by atoms with Crippen LogP contribution in [0.15, 0.2) is 0 Å². The van der Waals surface area contributed by atoms with Gasteiger partial charge in [0.25, 0.3) is 0 Å². The summed E-state index contributed by atoms with van der Waals surface area (Å²) in [6, 6.07) is 0. The molecule has 0 aromatic heterocycles. The molecule has 68 valence electrons. The summed E-state index contributed by atoms with van der Waals surface area (Å²) in [6.07, 6.45) is 6.34. The molecule has 0 aliphatic carbocycles. The van der Waals surface area contributed by atoms with E-state index in [1.807, 2.05) is 0 Å². The summed E-state index contributed by atoms with van der Waals surface area (Å²) >= 11 is 0. The van der Waals surface area contributed by atoms with E-state index in [1.165, 1.54) is 25.7 Å². The summed E-state index contributed by atoms with van der Waals surface area (Å²) in [7, 11) is 0. The Morgan fingerprint density at radius 2 is 1.73 bits per heavy atom. The first kappa shape index (κ1) is 10.9. The van der Waals surface area contributed by atoms with Gasteiger partial charge in [-0.05, 0) is 6.42 Å². The zero-order valence-electron chi connectivity index (χ0n) is 7.51. The van der Waals surface area contributed by atoms with Crippen LogP contribution in [-0.2, 0) is 4.74 Å². The third kappa shape index (κ3) is 9.92. The molecule has 0 saturated heterocycles. The van der Waals surface area contributed by atoms with Crippen LogP contribution in [0.5, 0.6) is 0 Å². The van der Waals surface area contributed by atoms with Crippen LogP contribution in [0, 0.1) is 0 Å². The molecule has 2 heteroatoms. The molecule has 11 heavy (non-hydrogen) atoms. The Balaban J connectivity index is 2.69. The summed E-state index contributed by atoms with van der Waals surface area (Å²) in [5, 5.41) is 8.38. The van der Waals surface area contributed by atoms with E-state index in [0.717, 1.165) is 13.0 Å². The first-order valence-electron chi connectivity index (χ1n) is 4.60. The largest absolute Gasteiger partial charge is 0.394 e. The van der Waals surface area contributed by atoms with Crippen molar-refractivity contribution in [1.82, 2.24) is 0 Å². The molecule has 0 atom stereocenters. The van der Waals surface area contributed by atoms with Crippen molar-refractivity contribution in [2.24, 2.45) is 0 Å². The summed E-state index contributed by atoms with van der Waals surface area (Å²) in [4.78, 5) is 0. The third-order valence-corrected chi connectivity index (χ3v) is 1.63. The first-order valence-corrected chi connectivity index (χ1v) is 4.60. The van der Waals surface area contributed by atoms with Crippen molar-refractivity contribution in [2.75, 3.05) is 19.8 Å². The molecule has 0 unspecified atom stereocenters. The average Bonchev–Trinajstić information content (AvgIpc) is 2.03. The number of unbranched alkanes of at least 4 members (excludes halogenated alkanes) is 4. The number of ether oxygens (including phenoxy) is 1. The highest BCUT2D eigenvalue weighted by molar-refractivity contribution is 4.41. The smallest absolute Gasteiger partial charge is 0.0697 e. The van der Waals surface area contributed by atoms with Crippen molar-refractivity contribution >= 4 is 0 Å². The molecule has 0 aliphatic heterocycles. The topological polar surface area (TPSA) is 29.5 Å². The van der Waals surface area contributed by atoms with Crippen LogP contribution < -0.4 is 0 Å². The van der Waals surface area contributed by atoms with Gasteiger partial charge in [0.05, 0.1) is 13.2 Å². The van der Waals surface area contributed by atoms with Crippen LogP contribution in [-0.4, -0.2) is 24.9 Å². The molecule has 0 amide bonds. The van der Waals surface area contributed by atoms with Gasteiger partial charge in [-0.15, -0.1) is 0 Å². The molecule has 0 aromatic rings. The number of aliphatic hydroxyl groups is 1. The maximum atomic E-state index is 8.38. The van der Waals surface area contributed by atoms with Gasteiger partial charge in [-0.2, -0.15) is 0 Å². The van der Waals surface area contributed by atoms with E-state index in [0.29, 0.717) is 6.61 Å². The molecule has 0 spiro atoms. The van der Waals surface area contributed by atoms with Gasteiger partial charge in [0, 0.05) is 6.61 Å². The Labute approximate surface area is 69.6 Å². The molecule has 0 fully saturated rings. The minimum absolute atomic E-state index is 0.148. The fourth-order valence-corrected chi connectivity index (χ4v) is 0.974. The van der Waals surface area contributed by atoms with Crippen molar-refractivity contribution in [3.63, 3.8) is 0 Å². The molecule has 0 aromatic carbocycles. The van der Waals surface area contributed by atoms with Gasteiger partial charge >= 0.3 is 0 Å². The van der Waals surface area contributed by atoms with Crippen molar-refractivity contribution in [3.05, 3.63) is 0 Å². The molecule has 0 bridgehead atoms. The molecule has 0 saturated carbocycles. The minimum atomic E-state index is 0.148. The lowest BCUT2D eigenvalue weighted by Gasteiger charge is -2.00. The van der Waals surface area contributed by atoms with Crippen molar-refractivity contribution in [3.8, 4) is 0 Å². The van der Waals surface area contributed by atoms with Gasteiger partial charge in [0.1, 0.15) is 0 Å². The molecule has 0 heterocycles. The zero-order chi connectivity index (χ0) is 8.36. The van der Waals surface area contributed by atoms with Gasteiger partial charge in [0.15, 0.2) is 0 Å². The van der Waals surface area contributed by atoms with E-state index in [-0.39, 0.29) is 6.61 Å². The van der Waals surface area contributed by atoms with Gasteiger partial charge < -0.3 is 9.84 Å². The fraction of sp³-hybridized carbons (Fsp3) is 1.00. The lowest BCUT2D eigenvalue weighted by atomic mass is 10.2. The van der Waals surface area contributed by atoms with Crippen molar-refractivity contribution in [1.29, 1.82) is 0 Å². The highest BCUT2D eigenvalue weighted by Crippen LogP contribution is 2.01. The van der Waals surface area contributed by atoms with Crippen LogP contribution in [0.3, 0.4) is 0 Å². The average molecular weight is 160 g/mol. The second kappa shape index (κ2) is 9.92. The van der Waals surface area contributed by atoms with E-state index < -0.39 is 0 Å². The minimum Gasteiger partial charge on any atom is -0.394 e. The molecule has 1 N–H and O–H groups in total. The van der Waals surface area contributed by atoms with Crippen LogP contribution in [0.4, 0.5) is 0 Å². The molecule has 0 aliphatic rings. The molecular formula is C9H20O2. The van der Waals surface area contributed by atoms with E-state index in [2.05, 4.69) is 6.92 Å². The maximum absolute atomic E-state index is 8.38. The lowest BCUT2D eigenvalue weighted by molar-refractivity contribution is 0.0895. The summed E-state index contributed by atoms with van der Waals surface area (Å²) < 4.78 is 5.11. The summed E-state index contributed by atoms with van der Waals surface area (Å²) in [5.41, 5.74) is 0. The predicted octanol–water partition coefficient (Wildman–Crippen LogP) is 1.97. The number of rotatable bonds is 8. The highest BCUT2D eigenvalue weighted by atomic mass is 16.5. The Kier molecular flexibility index (Phi) is 9.85. The van der Waals surface area contributed by atoms with Crippen LogP contribution in [0.2, 0.25) is 0 Å². The lowest BCUT2D eigenvalue weighted by Crippen LogP contribution is -2.00. The number of aliphatic hydroxyl groups excluding tert-OH is 1. The second-order valence-electron chi connectivity index (χ2n) is 2.75. The SMILES string of the molecule is CCCCCCCOCCO. The third-order valence-electron chi connectivity index (χ3n) is 1.63. The quantitative estimate of drug-likeness (QED) is 0.550. The predicted molar refractivity (Wildman–Crippen MR) is 46.7 cm³/mol. The fourth-order valence-electron chi connectivity index (χ4n) is 0.974. The molecular weight excluding hydrogens is 140 g/mol. The van der Waals surface area contributed by atoms with E-state index in [9.17, 15) is 0 Å². The first-order chi connectivity index (χ1) is 5.41. The van der Waals surface area contributed by atoms with Gasteiger partial charge in [0.2, 0.25) is 0 Å². The van der Waals surface area contributed by atoms with E-state index >= 15 is 0 Å². The monoisotopic (exact) mass is 160 g/mol. The standard InChI is InChI=1S/C9H20O2/c1-2-3-4-5-6-8-11-9-7-10/h10H,2-9H2,1H3. The van der Waals surface area contributed by atoms with Gasteiger partial charge in [-0.1, -0.05) is 32.6 Å². The van der Waals surface area contributed by atoms with Crippen LogP contribution in [0.25, 0.3) is 0 Å². The maximum Gasteiger partial charge on any atom is 0.0697 e. The Morgan fingerprint density at radius 1 is 1.00 bits per heavy atom. The highest BCUT2D eigenvalue weighted by Gasteiger charge is 1.88. The van der Waals surface area contributed by atoms with E-state index in [4.69, 9.17) is 9.84 Å². The molecule has 0 radical (unpaired) electrons. The zero-order valence-corrected chi connectivity index (χ0v) is 7.51. The Hall–Kier alpha value is -0.0800.